The van der Waals surface area contributed by atoms with Crippen LogP contribution in [0.1, 0.15) is 62.3 Å². The zero-order chi connectivity index (χ0) is 30.0. The maximum Gasteiger partial charge on any atom is 0.413 e. The number of fused-ring (bicyclic) bond motifs is 2. The van der Waals surface area contributed by atoms with E-state index in [-0.39, 0.29) is 11.5 Å². The van der Waals surface area contributed by atoms with E-state index in [2.05, 4.69) is 83.7 Å². The second kappa shape index (κ2) is 12.1. The van der Waals surface area contributed by atoms with Gasteiger partial charge in [0.05, 0.1) is 26.2 Å². The van der Waals surface area contributed by atoms with Gasteiger partial charge in [-0.3, -0.25) is 5.32 Å². The van der Waals surface area contributed by atoms with Crippen LogP contribution in [-0.2, 0) is 30.7 Å². The van der Waals surface area contributed by atoms with Crippen LogP contribution >= 0.6 is 0 Å². The van der Waals surface area contributed by atoms with Crippen molar-refractivity contribution in [2.24, 2.45) is 10.4 Å². The number of carbonyl (C=O) groups excluding carboxylic acids is 1. The standard InChI is InChI=1S/C32H43N7O3/c1-8-21(16-26-20(2)33-30(35-26)37-31(40)41-7)22-9-10-27-23(15-22)18-39(13-14-42-27)29-24-17-32(3,4)12-11-25(24)34-28(36-29)19-38(5)6/h8-10,15-16,20H,11-14,17-19H2,1-7H3,(H2,33,35,37,40)/b21-8+,26-16+. The zero-order valence-electron chi connectivity index (χ0n) is 25.9. The minimum atomic E-state index is -0.557. The van der Waals surface area contributed by atoms with E-state index in [1.807, 2.05) is 13.8 Å². The first-order valence-corrected chi connectivity index (χ1v) is 14.7. The molecule has 1 aromatic carbocycles. The number of aliphatic imine (C=N–C) groups is 1. The van der Waals surface area contributed by atoms with E-state index in [1.165, 1.54) is 18.4 Å². The van der Waals surface area contributed by atoms with Crippen molar-refractivity contribution in [1.29, 1.82) is 0 Å². The summed E-state index contributed by atoms with van der Waals surface area (Å²) in [5.41, 5.74) is 6.84. The first-order valence-electron chi connectivity index (χ1n) is 14.7. The van der Waals surface area contributed by atoms with Crippen LogP contribution in [0.3, 0.4) is 0 Å². The Balaban J connectivity index is 1.44. The molecule has 0 spiro atoms. The molecule has 2 aromatic rings. The van der Waals surface area contributed by atoms with Gasteiger partial charge in [-0.15, -0.1) is 0 Å². The van der Waals surface area contributed by atoms with Gasteiger partial charge in [-0.05, 0) is 82.0 Å². The maximum absolute atomic E-state index is 11.6. The Morgan fingerprint density at radius 1 is 1.31 bits per heavy atom. The highest BCUT2D eigenvalue weighted by atomic mass is 16.5. The van der Waals surface area contributed by atoms with Crippen molar-refractivity contribution >= 4 is 23.4 Å². The molecule has 0 radical (unpaired) electrons. The fourth-order valence-corrected chi connectivity index (χ4v) is 5.75. The van der Waals surface area contributed by atoms with E-state index in [4.69, 9.17) is 19.4 Å². The van der Waals surface area contributed by atoms with Gasteiger partial charge in [0.15, 0.2) is 0 Å². The molecule has 10 heteroatoms. The first-order chi connectivity index (χ1) is 20.0. The van der Waals surface area contributed by atoms with Crippen molar-refractivity contribution in [3.63, 3.8) is 0 Å². The highest BCUT2D eigenvalue weighted by molar-refractivity contribution is 5.96. The summed E-state index contributed by atoms with van der Waals surface area (Å²) in [6.45, 7) is 11.4. The Kier molecular flexibility index (Phi) is 8.54. The molecule has 3 aliphatic rings. The molecule has 1 aromatic heterocycles. The van der Waals surface area contributed by atoms with Crippen LogP contribution in [0, 0.1) is 5.41 Å². The Morgan fingerprint density at radius 2 is 2.12 bits per heavy atom. The molecule has 3 heterocycles. The molecular weight excluding hydrogens is 530 g/mol. The molecule has 1 unspecified atom stereocenters. The van der Waals surface area contributed by atoms with Crippen LogP contribution in [0.5, 0.6) is 5.75 Å². The van der Waals surface area contributed by atoms with Crippen LogP contribution in [0.2, 0.25) is 0 Å². The zero-order valence-corrected chi connectivity index (χ0v) is 25.9. The lowest BCUT2D eigenvalue weighted by Gasteiger charge is -2.34. The summed E-state index contributed by atoms with van der Waals surface area (Å²) >= 11 is 0. The molecule has 2 aliphatic heterocycles. The number of hydrogen-bond donors (Lipinski definition) is 2. The topological polar surface area (TPSA) is 104 Å². The highest BCUT2D eigenvalue weighted by Crippen LogP contribution is 2.39. The highest BCUT2D eigenvalue weighted by Gasteiger charge is 2.32. The molecule has 224 valence electrons. The maximum atomic E-state index is 11.6. The number of rotatable bonds is 5. The van der Waals surface area contributed by atoms with Gasteiger partial charge in [0.2, 0.25) is 5.96 Å². The summed E-state index contributed by atoms with van der Waals surface area (Å²) in [7, 11) is 5.44. The van der Waals surface area contributed by atoms with Gasteiger partial charge in [-0.25, -0.2) is 19.8 Å². The quantitative estimate of drug-likeness (QED) is 0.541. The number of aryl methyl sites for hydroxylation is 1. The molecule has 1 amide bonds. The summed E-state index contributed by atoms with van der Waals surface area (Å²) in [4.78, 5) is 30.8. The van der Waals surface area contributed by atoms with E-state index in [0.29, 0.717) is 25.7 Å². The third-order valence-corrected chi connectivity index (χ3v) is 8.01. The van der Waals surface area contributed by atoms with E-state index in [0.717, 1.165) is 65.6 Å². The van der Waals surface area contributed by atoms with Gasteiger partial charge < -0.3 is 24.6 Å². The van der Waals surface area contributed by atoms with E-state index in [1.54, 1.807) is 0 Å². The number of alkyl carbamates (subject to hydrolysis) is 1. The van der Waals surface area contributed by atoms with Crippen LogP contribution < -0.4 is 20.3 Å². The van der Waals surface area contributed by atoms with Gasteiger partial charge in [0.25, 0.3) is 0 Å². The largest absolute Gasteiger partial charge is 0.491 e. The summed E-state index contributed by atoms with van der Waals surface area (Å²) in [5.74, 6) is 3.21. The average molecular weight is 574 g/mol. The SMILES string of the molecule is C/C=C(\C=C1\NC(NC(=O)OC)=NC1C)c1ccc2c(c1)CN(c1nc(CN(C)C)nc3c1CC(C)(C)CC3)CCO2. The molecule has 10 nitrogen and oxygen atoms in total. The van der Waals surface area contributed by atoms with Gasteiger partial charge in [0, 0.05) is 29.1 Å². The molecule has 1 atom stereocenters. The summed E-state index contributed by atoms with van der Waals surface area (Å²) in [6, 6.07) is 6.25. The number of amides is 1. The second-order valence-corrected chi connectivity index (χ2v) is 12.3. The number of methoxy groups -OCH3 is 1. The molecule has 1 aliphatic carbocycles. The Bertz CT molecular complexity index is 1440. The van der Waals surface area contributed by atoms with Gasteiger partial charge >= 0.3 is 6.09 Å². The average Bonchev–Trinajstić information content (AvgIpc) is 3.14. The van der Waals surface area contributed by atoms with Crippen molar-refractivity contribution < 1.29 is 14.3 Å². The number of aromatic nitrogens is 2. The van der Waals surface area contributed by atoms with Crippen molar-refractivity contribution in [3.05, 3.63) is 64.3 Å². The van der Waals surface area contributed by atoms with Crippen molar-refractivity contribution in [2.75, 3.05) is 39.3 Å². The fourth-order valence-electron chi connectivity index (χ4n) is 5.75. The molecule has 0 saturated heterocycles. The number of allylic oxidation sites excluding steroid dienone is 3. The summed E-state index contributed by atoms with van der Waals surface area (Å²) in [5, 5.41) is 5.81. The third-order valence-electron chi connectivity index (χ3n) is 8.01. The van der Waals surface area contributed by atoms with Crippen LogP contribution in [0.25, 0.3) is 5.57 Å². The first kappa shape index (κ1) is 29.6. The van der Waals surface area contributed by atoms with Crippen LogP contribution in [-0.4, -0.2) is 67.3 Å². The van der Waals surface area contributed by atoms with Crippen molar-refractivity contribution in [2.45, 2.75) is 66.1 Å². The smallest absolute Gasteiger partial charge is 0.413 e. The third kappa shape index (κ3) is 6.59. The molecule has 5 rings (SSSR count). The van der Waals surface area contributed by atoms with Gasteiger partial charge in [-0.2, -0.15) is 0 Å². The van der Waals surface area contributed by atoms with Gasteiger partial charge in [0.1, 0.15) is 24.0 Å². The van der Waals surface area contributed by atoms with Crippen LogP contribution in [0.4, 0.5) is 10.6 Å². The Morgan fingerprint density at radius 3 is 2.86 bits per heavy atom. The lowest BCUT2D eigenvalue weighted by atomic mass is 9.76. The molecule has 0 bridgehead atoms. The number of hydrogen-bond acceptors (Lipinski definition) is 9. The van der Waals surface area contributed by atoms with E-state index in [9.17, 15) is 4.79 Å². The Hall–Kier alpha value is -3.92. The molecule has 0 saturated carbocycles. The van der Waals surface area contributed by atoms with E-state index >= 15 is 0 Å². The number of benzene rings is 1. The molecule has 0 fully saturated rings. The van der Waals surface area contributed by atoms with E-state index < -0.39 is 6.09 Å². The minimum Gasteiger partial charge on any atom is -0.491 e. The second-order valence-electron chi connectivity index (χ2n) is 12.3. The number of anilines is 1. The number of guanidine groups is 1. The fraction of sp³-hybridized carbons (Fsp3) is 0.500. The molecular formula is C32H43N7O3. The number of nitrogens with one attached hydrogen (secondary N) is 2. The van der Waals surface area contributed by atoms with Crippen molar-refractivity contribution in [3.8, 4) is 5.75 Å². The number of carbonyl (C=O) groups is 1. The summed E-state index contributed by atoms with van der Waals surface area (Å²) < 4.78 is 10.9. The monoisotopic (exact) mass is 573 g/mol. The lowest BCUT2D eigenvalue weighted by molar-refractivity contribution is 0.176. The van der Waals surface area contributed by atoms with Crippen LogP contribution in [0.15, 0.2) is 41.0 Å². The number of ether oxygens (including phenoxy) is 2. The normalized spacial score (nSPS) is 20.7. The predicted octanol–water partition coefficient (Wildman–Crippen LogP) is 4.44. The predicted molar refractivity (Wildman–Crippen MR) is 166 cm³/mol. The summed E-state index contributed by atoms with van der Waals surface area (Å²) in [6.07, 6.45) is 6.69. The minimum absolute atomic E-state index is 0.128. The number of nitrogens with zero attached hydrogens (tertiary/aromatic N) is 5. The van der Waals surface area contributed by atoms with Gasteiger partial charge in [-0.1, -0.05) is 26.0 Å². The molecule has 42 heavy (non-hydrogen) atoms. The van der Waals surface area contributed by atoms with Crippen molar-refractivity contribution in [1.82, 2.24) is 25.5 Å². The lowest BCUT2D eigenvalue weighted by Crippen LogP contribution is -2.37. The molecule has 2 N–H and O–H groups in total. The Labute approximate surface area is 248 Å².